The SMILES string of the molecule is CCOc1ccc(/C=C/c2cc[nH]c(=O)c2)cc1. The van der Waals surface area contributed by atoms with Gasteiger partial charge < -0.3 is 9.72 Å². The summed E-state index contributed by atoms with van der Waals surface area (Å²) in [5.41, 5.74) is 1.86. The van der Waals surface area contributed by atoms with Gasteiger partial charge in [-0.1, -0.05) is 24.3 Å². The first-order chi connectivity index (χ1) is 8.78. The van der Waals surface area contributed by atoms with Crippen LogP contribution in [0, 0.1) is 0 Å². The van der Waals surface area contributed by atoms with Gasteiger partial charge in [0.15, 0.2) is 0 Å². The molecule has 0 aliphatic carbocycles. The molecule has 0 saturated heterocycles. The molecule has 0 saturated carbocycles. The van der Waals surface area contributed by atoms with Crippen LogP contribution in [-0.4, -0.2) is 11.6 Å². The second kappa shape index (κ2) is 5.87. The Kier molecular flexibility index (Phi) is 3.97. The Bertz CT molecular complexity index is 582. The summed E-state index contributed by atoms with van der Waals surface area (Å²) in [4.78, 5) is 13.7. The van der Waals surface area contributed by atoms with Gasteiger partial charge in [-0.15, -0.1) is 0 Å². The van der Waals surface area contributed by atoms with Crippen LogP contribution < -0.4 is 10.3 Å². The third-order valence-electron chi connectivity index (χ3n) is 2.46. The van der Waals surface area contributed by atoms with E-state index in [1.165, 1.54) is 0 Å². The summed E-state index contributed by atoms with van der Waals surface area (Å²) in [6.07, 6.45) is 5.51. The molecule has 0 bridgehead atoms. The van der Waals surface area contributed by atoms with E-state index in [-0.39, 0.29) is 5.56 Å². The summed E-state index contributed by atoms with van der Waals surface area (Å²) in [7, 11) is 0. The highest BCUT2D eigenvalue weighted by molar-refractivity contribution is 5.69. The second-order valence-corrected chi connectivity index (χ2v) is 3.82. The standard InChI is InChI=1S/C15H15NO2/c1-2-18-14-7-5-12(6-8-14)3-4-13-9-10-16-15(17)11-13/h3-11H,2H2,1H3,(H,16,17)/b4-3+. The number of nitrogens with one attached hydrogen (secondary N) is 1. The largest absolute Gasteiger partial charge is 0.494 e. The highest BCUT2D eigenvalue weighted by atomic mass is 16.5. The fourth-order valence-corrected chi connectivity index (χ4v) is 1.60. The first kappa shape index (κ1) is 12.2. The number of pyridine rings is 1. The van der Waals surface area contributed by atoms with Crippen LogP contribution in [0.1, 0.15) is 18.1 Å². The van der Waals surface area contributed by atoms with Crippen molar-refractivity contribution in [2.75, 3.05) is 6.61 Å². The summed E-state index contributed by atoms with van der Waals surface area (Å²) >= 11 is 0. The fraction of sp³-hybridized carbons (Fsp3) is 0.133. The van der Waals surface area contributed by atoms with Crippen LogP contribution in [0.4, 0.5) is 0 Å². The minimum absolute atomic E-state index is 0.0937. The number of hydrogen-bond donors (Lipinski definition) is 1. The van der Waals surface area contributed by atoms with Crippen molar-refractivity contribution < 1.29 is 4.74 Å². The van der Waals surface area contributed by atoms with Crippen LogP contribution in [0.5, 0.6) is 5.75 Å². The number of aromatic amines is 1. The topological polar surface area (TPSA) is 42.1 Å². The molecule has 0 spiro atoms. The van der Waals surface area contributed by atoms with Crippen molar-refractivity contribution in [1.82, 2.24) is 4.98 Å². The zero-order valence-corrected chi connectivity index (χ0v) is 10.2. The van der Waals surface area contributed by atoms with Crippen molar-refractivity contribution >= 4 is 12.2 Å². The Labute approximate surface area is 106 Å². The third kappa shape index (κ3) is 3.35. The van der Waals surface area contributed by atoms with E-state index >= 15 is 0 Å². The Morgan fingerprint density at radius 2 is 1.83 bits per heavy atom. The molecule has 0 amide bonds. The van der Waals surface area contributed by atoms with Gasteiger partial charge in [0.05, 0.1) is 6.61 Å². The number of H-pyrrole nitrogens is 1. The van der Waals surface area contributed by atoms with Crippen molar-refractivity contribution in [2.24, 2.45) is 0 Å². The van der Waals surface area contributed by atoms with E-state index < -0.39 is 0 Å². The number of benzene rings is 1. The second-order valence-electron chi connectivity index (χ2n) is 3.82. The Balaban J connectivity index is 2.11. The van der Waals surface area contributed by atoms with Crippen LogP contribution in [0.3, 0.4) is 0 Å². The smallest absolute Gasteiger partial charge is 0.248 e. The summed E-state index contributed by atoms with van der Waals surface area (Å²) in [6.45, 7) is 2.63. The summed E-state index contributed by atoms with van der Waals surface area (Å²) < 4.78 is 5.37. The lowest BCUT2D eigenvalue weighted by atomic mass is 10.1. The average molecular weight is 241 g/mol. The molecule has 3 nitrogen and oxygen atoms in total. The average Bonchev–Trinajstić information content (AvgIpc) is 2.38. The molecule has 1 aromatic carbocycles. The molecule has 0 aliphatic heterocycles. The Morgan fingerprint density at radius 3 is 2.50 bits per heavy atom. The predicted molar refractivity (Wildman–Crippen MR) is 73.6 cm³/mol. The van der Waals surface area contributed by atoms with Gasteiger partial charge in [-0.3, -0.25) is 4.79 Å². The van der Waals surface area contributed by atoms with Gasteiger partial charge in [0.25, 0.3) is 0 Å². The lowest BCUT2D eigenvalue weighted by Crippen LogP contribution is -2.01. The van der Waals surface area contributed by atoms with E-state index in [4.69, 9.17) is 4.74 Å². The lowest BCUT2D eigenvalue weighted by Gasteiger charge is -2.02. The highest BCUT2D eigenvalue weighted by Gasteiger charge is 1.92. The summed E-state index contributed by atoms with van der Waals surface area (Å²) in [5, 5.41) is 0. The van der Waals surface area contributed by atoms with Crippen LogP contribution in [-0.2, 0) is 0 Å². The van der Waals surface area contributed by atoms with Crippen molar-refractivity contribution in [3.63, 3.8) is 0 Å². The minimum atomic E-state index is -0.0937. The number of ether oxygens (including phenoxy) is 1. The van der Waals surface area contributed by atoms with E-state index in [1.54, 1.807) is 12.3 Å². The van der Waals surface area contributed by atoms with E-state index in [9.17, 15) is 4.79 Å². The van der Waals surface area contributed by atoms with Crippen LogP contribution in [0.2, 0.25) is 0 Å². The normalized spacial score (nSPS) is 10.7. The van der Waals surface area contributed by atoms with E-state index in [2.05, 4.69) is 4.98 Å². The maximum atomic E-state index is 11.1. The molecule has 0 fully saturated rings. The molecule has 1 N–H and O–H groups in total. The molecule has 0 aliphatic rings. The van der Waals surface area contributed by atoms with Gasteiger partial charge in [0.1, 0.15) is 5.75 Å². The molecule has 18 heavy (non-hydrogen) atoms. The van der Waals surface area contributed by atoms with Crippen LogP contribution >= 0.6 is 0 Å². The zero-order valence-electron chi connectivity index (χ0n) is 10.2. The molecule has 3 heteroatoms. The minimum Gasteiger partial charge on any atom is -0.494 e. The molecule has 0 unspecified atom stereocenters. The summed E-state index contributed by atoms with van der Waals surface area (Å²) in [5.74, 6) is 0.866. The van der Waals surface area contributed by atoms with Crippen molar-refractivity contribution in [3.05, 3.63) is 64.1 Å². The molecule has 2 rings (SSSR count). The lowest BCUT2D eigenvalue weighted by molar-refractivity contribution is 0.340. The Morgan fingerprint density at radius 1 is 1.11 bits per heavy atom. The number of aromatic nitrogens is 1. The monoisotopic (exact) mass is 241 g/mol. The van der Waals surface area contributed by atoms with Crippen molar-refractivity contribution in [3.8, 4) is 5.75 Å². The van der Waals surface area contributed by atoms with Gasteiger partial charge in [0, 0.05) is 12.3 Å². The quantitative estimate of drug-likeness (QED) is 0.894. The molecular formula is C15H15NO2. The molecule has 92 valence electrons. The molecule has 2 aromatic rings. The Hall–Kier alpha value is -2.29. The predicted octanol–water partition coefficient (Wildman–Crippen LogP) is 2.94. The molecule has 0 atom stereocenters. The highest BCUT2D eigenvalue weighted by Crippen LogP contribution is 2.14. The third-order valence-corrected chi connectivity index (χ3v) is 2.46. The zero-order chi connectivity index (χ0) is 12.8. The van der Waals surface area contributed by atoms with Gasteiger partial charge in [0.2, 0.25) is 5.56 Å². The van der Waals surface area contributed by atoms with E-state index in [0.29, 0.717) is 6.61 Å². The van der Waals surface area contributed by atoms with Gasteiger partial charge in [-0.25, -0.2) is 0 Å². The van der Waals surface area contributed by atoms with Gasteiger partial charge in [-0.05, 0) is 36.2 Å². The molecular weight excluding hydrogens is 226 g/mol. The van der Waals surface area contributed by atoms with Crippen LogP contribution in [0.25, 0.3) is 12.2 Å². The maximum Gasteiger partial charge on any atom is 0.248 e. The van der Waals surface area contributed by atoms with Gasteiger partial charge in [-0.2, -0.15) is 0 Å². The first-order valence-electron chi connectivity index (χ1n) is 5.87. The maximum absolute atomic E-state index is 11.1. The number of rotatable bonds is 4. The first-order valence-corrected chi connectivity index (χ1v) is 5.87. The molecule has 1 aromatic heterocycles. The van der Waals surface area contributed by atoms with Crippen LogP contribution in [0.15, 0.2) is 47.4 Å². The van der Waals surface area contributed by atoms with E-state index in [1.807, 2.05) is 49.4 Å². The van der Waals surface area contributed by atoms with Crippen molar-refractivity contribution in [2.45, 2.75) is 6.92 Å². The van der Waals surface area contributed by atoms with Gasteiger partial charge >= 0.3 is 0 Å². The molecule has 1 heterocycles. The van der Waals surface area contributed by atoms with E-state index in [0.717, 1.165) is 16.9 Å². The van der Waals surface area contributed by atoms with Crippen molar-refractivity contribution in [1.29, 1.82) is 0 Å². The molecule has 0 radical (unpaired) electrons. The fourth-order valence-electron chi connectivity index (χ4n) is 1.60. The number of hydrogen-bond acceptors (Lipinski definition) is 2. The summed E-state index contributed by atoms with van der Waals surface area (Å²) in [6, 6.07) is 11.2.